The smallest absolute Gasteiger partial charge is 0.376 e. The summed E-state index contributed by atoms with van der Waals surface area (Å²) in [6.07, 6.45) is 1.74. The van der Waals surface area contributed by atoms with Gasteiger partial charge >= 0.3 is 15.6 Å². The number of hydrogen-bond acceptors (Lipinski definition) is 4. The van der Waals surface area contributed by atoms with Gasteiger partial charge in [0.15, 0.2) is 0 Å². The minimum absolute atomic E-state index is 0.455. The molecule has 0 aliphatic carbocycles. The molecular formula is C17H11BrClF3N2O3S. The molecule has 0 N–H and O–H groups in total. The first-order chi connectivity index (χ1) is 13.1. The van der Waals surface area contributed by atoms with Crippen LogP contribution in [0.15, 0.2) is 54.7 Å². The van der Waals surface area contributed by atoms with Gasteiger partial charge in [0.05, 0.1) is 11.4 Å². The first-order valence-electron chi connectivity index (χ1n) is 7.62. The number of hydrogen-bond donors (Lipinski definition) is 0. The van der Waals surface area contributed by atoms with Gasteiger partial charge in [-0.25, -0.2) is 4.68 Å². The van der Waals surface area contributed by atoms with E-state index in [-0.39, 0.29) is 0 Å². The second-order valence-electron chi connectivity index (χ2n) is 5.56. The highest BCUT2D eigenvalue weighted by molar-refractivity contribution is 9.08. The topological polar surface area (TPSA) is 61.2 Å². The summed E-state index contributed by atoms with van der Waals surface area (Å²) in [6.45, 7) is 0. The Kier molecular flexibility index (Phi) is 5.74. The van der Waals surface area contributed by atoms with Crippen molar-refractivity contribution in [2.24, 2.45) is 0 Å². The molecule has 0 bridgehead atoms. The van der Waals surface area contributed by atoms with Crippen LogP contribution >= 0.6 is 27.5 Å². The van der Waals surface area contributed by atoms with Crippen molar-refractivity contribution in [1.82, 2.24) is 9.78 Å². The zero-order valence-corrected chi connectivity index (χ0v) is 17.0. The molecule has 3 aromatic rings. The van der Waals surface area contributed by atoms with Crippen LogP contribution in [-0.2, 0) is 15.4 Å². The second-order valence-corrected chi connectivity index (χ2v) is 8.09. The predicted molar refractivity (Wildman–Crippen MR) is 102 cm³/mol. The van der Waals surface area contributed by atoms with Crippen molar-refractivity contribution in [3.05, 3.63) is 65.4 Å². The third kappa shape index (κ3) is 4.34. The molecule has 0 aliphatic heterocycles. The molecule has 1 aromatic heterocycles. The van der Waals surface area contributed by atoms with Crippen LogP contribution in [0.1, 0.15) is 5.69 Å². The molecule has 0 amide bonds. The van der Waals surface area contributed by atoms with Crippen LogP contribution in [0, 0.1) is 0 Å². The predicted octanol–water partition coefficient (Wildman–Crippen LogP) is 5.32. The molecule has 0 unspecified atom stereocenters. The van der Waals surface area contributed by atoms with E-state index in [1.807, 2.05) is 6.07 Å². The maximum atomic E-state index is 12.4. The second kappa shape index (κ2) is 7.76. The average molecular weight is 496 g/mol. The van der Waals surface area contributed by atoms with E-state index in [1.165, 1.54) is 16.8 Å². The zero-order valence-electron chi connectivity index (χ0n) is 13.8. The molecule has 5 nitrogen and oxygen atoms in total. The Morgan fingerprint density at radius 3 is 2.39 bits per heavy atom. The normalized spacial score (nSPS) is 12.2. The molecular weight excluding hydrogens is 485 g/mol. The first kappa shape index (κ1) is 20.7. The van der Waals surface area contributed by atoms with Crippen LogP contribution in [0.3, 0.4) is 0 Å². The monoisotopic (exact) mass is 494 g/mol. The number of halogens is 5. The largest absolute Gasteiger partial charge is 0.534 e. The fraction of sp³-hybridized carbons (Fsp3) is 0.118. The molecule has 0 aliphatic rings. The van der Waals surface area contributed by atoms with Crippen molar-refractivity contribution in [1.29, 1.82) is 0 Å². The molecule has 1 heterocycles. The van der Waals surface area contributed by atoms with Crippen molar-refractivity contribution in [3.63, 3.8) is 0 Å². The summed E-state index contributed by atoms with van der Waals surface area (Å²) in [5.74, 6) is -0.455. The highest BCUT2D eigenvalue weighted by Gasteiger charge is 2.48. The molecule has 0 radical (unpaired) electrons. The Balaban J connectivity index is 1.91. The maximum Gasteiger partial charge on any atom is 0.534 e. The Morgan fingerprint density at radius 2 is 1.82 bits per heavy atom. The minimum Gasteiger partial charge on any atom is -0.376 e. The van der Waals surface area contributed by atoms with E-state index in [2.05, 4.69) is 25.2 Å². The summed E-state index contributed by atoms with van der Waals surface area (Å²) >= 11 is 9.41. The number of nitrogens with zero attached hydrogens (tertiary/aromatic N) is 2. The van der Waals surface area contributed by atoms with Crippen LogP contribution in [0.2, 0.25) is 5.02 Å². The molecule has 0 spiro atoms. The van der Waals surface area contributed by atoms with Crippen molar-refractivity contribution >= 4 is 37.6 Å². The quantitative estimate of drug-likeness (QED) is 0.273. The number of rotatable bonds is 5. The third-order valence-corrected chi connectivity index (χ3v) is 5.39. The van der Waals surface area contributed by atoms with E-state index in [4.69, 9.17) is 11.6 Å². The SMILES string of the molecule is O=S(=O)(Oc1ccc(-n2cc(-c3cccc(Cl)c3)c(CBr)n2)cc1)C(F)(F)F. The van der Waals surface area contributed by atoms with Crippen LogP contribution in [0.4, 0.5) is 13.2 Å². The summed E-state index contributed by atoms with van der Waals surface area (Å²) in [5.41, 5.74) is -2.59. The number of aromatic nitrogens is 2. The molecule has 2 aromatic carbocycles. The lowest BCUT2D eigenvalue weighted by molar-refractivity contribution is -0.0500. The minimum atomic E-state index is -5.72. The Hall–Kier alpha value is -2.04. The van der Waals surface area contributed by atoms with E-state index in [0.717, 1.165) is 29.0 Å². The van der Waals surface area contributed by atoms with Crippen molar-refractivity contribution in [2.45, 2.75) is 10.8 Å². The van der Waals surface area contributed by atoms with Gasteiger partial charge in [-0.1, -0.05) is 39.7 Å². The fourth-order valence-corrected chi connectivity index (χ4v) is 3.43. The van der Waals surface area contributed by atoms with Gasteiger partial charge in [0.1, 0.15) is 5.75 Å². The van der Waals surface area contributed by atoms with Gasteiger partial charge in [-0.2, -0.15) is 26.7 Å². The van der Waals surface area contributed by atoms with E-state index in [1.54, 1.807) is 24.4 Å². The molecule has 3 rings (SSSR count). The van der Waals surface area contributed by atoms with Crippen molar-refractivity contribution in [2.75, 3.05) is 0 Å². The van der Waals surface area contributed by atoms with E-state index < -0.39 is 21.4 Å². The lowest BCUT2D eigenvalue weighted by Crippen LogP contribution is -2.28. The van der Waals surface area contributed by atoms with Crippen LogP contribution in [-0.4, -0.2) is 23.7 Å². The summed E-state index contributed by atoms with van der Waals surface area (Å²) in [7, 11) is -5.72. The van der Waals surface area contributed by atoms with Crippen LogP contribution in [0.25, 0.3) is 16.8 Å². The standard InChI is InChI=1S/C17H11BrClF3N2O3S/c18-9-16-15(11-2-1-3-12(19)8-11)10-24(23-16)13-4-6-14(7-5-13)27-28(25,26)17(20,21)22/h1-8,10H,9H2. The summed E-state index contributed by atoms with van der Waals surface area (Å²) in [4.78, 5) is 0. The van der Waals surface area contributed by atoms with Gasteiger partial charge in [0.2, 0.25) is 0 Å². The lowest BCUT2D eigenvalue weighted by atomic mass is 10.1. The van der Waals surface area contributed by atoms with Gasteiger partial charge in [0.25, 0.3) is 0 Å². The first-order valence-corrected chi connectivity index (χ1v) is 10.5. The summed E-state index contributed by atoms with van der Waals surface area (Å²) < 4.78 is 64.9. The molecule has 0 fully saturated rings. The molecule has 0 saturated heterocycles. The average Bonchev–Trinajstić information content (AvgIpc) is 3.05. The fourth-order valence-electron chi connectivity index (χ4n) is 2.37. The van der Waals surface area contributed by atoms with Gasteiger partial charge in [-0.15, -0.1) is 0 Å². The Labute approximate surface area is 171 Å². The van der Waals surface area contributed by atoms with E-state index >= 15 is 0 Å². The van der Waals surface area contributed by atoms with Gasteiger partial charge in [-0.3, -0.25) is 0 Å². The molecule has 28 heavy (non-hydrogen) atoms. The van der Waals surface area contributed by atoms with Gasteiger partial charge in [-0.05, 0) is 42.0 Å². The van der Waals surface area contributed by atoms with Gasteiger partial charge < -0.3 is 4.18 Å². The highest BCUT2D eigenvalue weighted by atomic mass is 79.9. The summed E-state index contributed by atoms with van der Waals surface area (Å²) in [6, 6.07) is 12.2. The van der Waals surface area contributed by atoms with E-state index in [9.17, 15) is 21.6 Å². The van der Waals surface area contributed by atoms with Crippen molar-refractivity contribution < 1.29 is 25.8 Å². The van der Waals surface area contributed by atoms with Gasteiger partial charge in [0, 0.05) is 22.1 Å². The molecule has 0 atom stereocenters. The number of benzene rings is 2. The number of alkyl halides is 4. The van der Waals surface area contributed by atoms with E-state index in [0.29, 0.717) is 16.0 Å². The Morgan fingerprint density at radius 1 is 1.14 bits per heavy atom. The molecule has 0 saturated carbocycles. The Bertz CT molecular complexity index is 1100. The summed E-state index contributed by atoms with van der Waals surface area (Å²) in [5, 5.41) is 5.47. The molecule has 11 heteroatoms. The zero-order chi connectivity index (χ0) is 20.5. The molecule has 148 valence electrons. The third-order valence-electron chi connectivity index (χ3n) is 3.64. The van der Waals surface area contributed by atoms with Crippen LogP contribution in [0.5, 0.6) is 5.75 Å². The van der Waals surface area contributed by atoms with Crippen molar-refractivity contribution in [3.8, 4) is 22.6 Å². The van der Waals surface area contributed by atoms with Crippen LogP contribution < -0.4 is 4.18 Å². The highest BCUT2D eigenvalue weighted by Crippen LogP contribution is 2.30. The maximum absolute atomic E-state index is 12.4. The lowest BCUT2D eigenvalue weighted by Gasteiger charge is -2.09.